The second-order valence-corrected chi connectivity index (χ2v) is 5.39. The molecule has 0 radical (unpaired) electrons. The summed E-state index contributed by atoms with van der Waals surface area (Å²) in [5.74, 6) is 6.75. The summed E-state index contributed by atoms with van der Waals surface area (Å²) in [6.45, 7) is 4.22. The number of rotatable bonds is 4. The predicted molar refractivity (Wildman–Crippen MR) is 84.2 cm³/mol. The van der Waals surface area contributed by atoms with E-state index in [0.717, 1.165) is 30.9 Å². The number of hydrogen-bond acceptors (Lipinski definition) is 4. The molecule has 21 heavy (non-hydrogen) atoms. The average molecular weight is 288 g/mol. The van der Waals surface area contributed by atoms with Gasteiger partial charge in [-0.1, -0.05) is 17.9 Å². The summed E-state index contributed by atoms with van der Waals surface area (Å²) in [6, 6.07) is 6.62. The van der Waals surface area contributed by atoms with E-state index in [4.69, 9.17) is 15.2 Å². The number of methoxy groups -OCH3 is 1. The summed E-state index contributed by atoms with van der Waals surface area (Å²) >= 11 is 0. The van der Waals surface area contributed by atoms with Crippen molar-refractivity contribution in [3.05, 3.63) is 29.3 Å². The highest BCUT2D eigenvalue weighted by Crippen LogP contribution is 2.23. The fourth-order valence-corrected chi connectivity index (χ4v) is 2.80. The van der Waals surface area contributed by atoms with Crippen LogP contribution in [0.4, 0.5) is 0 Å². The third-order valence-corrected chi connectivity index (χ3v) is 3.92. The number of nitrogens with two attached hydrogens (primary N) is 1. The van der Waals surface area contributed by atoms with Crippen LogP contribution < -0.4 is 10.5 Å². The SMILES string of the molecule is COc1ccc(CN(C)C2CCOC2C)cc1C#CCN. The van der Waals surface area contributed by atoms with Crippen molar-refractivity contribution in [1.29, 1.82) is 0 Å². The highest BCUT2D eigenvalue weighted by molar-refractivity contribution is 5.48. The molecule has 1 aliphatic heterocycles. The van der Waals surface area contributed by atoms with Crippen molar-refractivity contribution >= 4 is 0 Å². The van der Waals surface area contributed by atoms with Crippen LogP contribution in [0.5, 0.6) is 5.75 Å². The third-order valence-electron chi connectivity index (χ3n) is 3.92. The van der Waals surface area contributed by atoms with Gasteiger partial charge in [0.2, 0.25) is 0 Å². The molecule has 0 bridgehead atoms. The standard InChI is InChI=1S/C17H24N2O2/c1-13-16(8-10-21-13)19(2)12-14-6-7-17(20-3)15(11-14)5-4-9-18/h6-7,11,13,16H,8-10,12,18H2,1-3H3. The van der Waals surface area contributed by atoms with Crippen molar-refractivity contribution in [2.75, 3.05) is 27.3 Å². The van der Waals surface area contributed by atoms with Gasteiger partial charge in [-0.05, 0) is 38.1 Å². The lowest BCUT2D eigenvalue weighted by atomic mass is 10.1. The van der Waals surface area contributed by atoms with Crippen LogP contribution in [0.15, 0.2) is 18.2 Å². The molecule has 4 nitrogen and oxygen atoms in total. The van der Waals surface area contributed by atoms with E-state index in [0.29, 0.717) is 18.7 Å². The van der Waals surface area contributed by atoms with Gasteiger partial charge in [0.15, 0.2) is 0 Å². The first-order valence-electron chi connectivity index (χ1n) is 7.33. The molecule has 1 aliphatic rings. The van der Waals surface area contributed by atoms with Gasteiger partial charge in [-0.2, -0.15) is 0 Å². The van der Waals surface area contributed by atoms with E-state index in [1.165, 1.54) is 5.56 Å². The molecule has 0 spiro atoms. The number of ether oxygens (including phenoxy) is 2. The van der Waals surface area contributed by atoms with Crippen molar-refractivity contribution in [2.45, 2.75) is 32.0 Å². The summed E-state index contributed by atoms with van der Waals surface area (Å²) < 4.78 is 11.0. The van der Waals surface area contributed by atoms with Crippen molar-refractivity contribution in [1.82, 2.24) is 4.90 Å². The fourth-order valence-electron chi connectivity index (χ4n) is 2.80. The minimum Gasteiger partial charge on any atom is -0.495 e. The first kappa shape index (κ1) is 15.8. The molecular weight excluding hydrogens is 264 g/mol. The minimum absolute atomic E-state index is 0.296. The van der Waals surface area contributed by atoms with Gasteiger partial charge in [0.05, 0.1) is 25.3 Å². The maximum Gasteiger partial charge on any atom is 0.134 e. The van der Waals surface area contributed by atoms with Gasteiger partial charge in [-0.3, -0.25) is 4.90 Å². The molecule has 2 rings (SSSR count). The molecular formula is C17H24N2O2. The molecule has 2 atom stereocenters. The van der Waals surface area contributed by atoms with E-state index in [1.807, 2.05) is 6.07 Å². The Bertz CT molecular complexity index is 533. The number of likely N-dealkylation sites (N-methyl/N-ethyl adjacent to an activating group) is 1. The Labute approximate surface area is 127 Å². The zero-order valence-electron chi connectivity index (χ0n) is 13.1. The second kappa shape index (κ2) is 7.46. The van der Waals surface area contributed by atoms with Crippen LogP contribution >= 0.6 is 0 Å². The molecule has 1 fully saturated rings. The monoisotopic (exact) mass is 288 g/mol. The number of nitrogens with zero attached hydrogens (tertiary/aromatic N) is 1. The zero-order valence-corrected chi connectivity index (χ0v) is 13.1. The maximum atomic E-state index is 5.64. The van der Waals surface area contributed by atoms with Crippen molar-refractivity contribution in [3.8, 4) is 17.6 Å². The van der Waals surface area contributed by atoms with Crippen molar-refractivity contribution in [2.24, 2.45) is 5.73 Å². The van der Waals surface area contributed by atoms with Gasteiger partial charge in [0, 0.05) is 19.2 Å². The molecule has 2 unspecified atom stereocenters. The molecule has 114 valence electrons. The first-order chi connectivity index (χ1) is 10.2. The van der Waals surface area contributed by atoms with E-state index in [2.05, 4.69) is 42.8 Å². The summed E-state index contributed by atoms with van der Waals surface area (Å²) in [4.78, 5) is 2.35. The van der Waals surface area contributed by atoms with Gasteiger partial charge < -0.3 is 15.2 Å². The lowest BCUT2D eigenvalue weighted by Gasteiger charge is -2.26. The Kier molecular flexibility index (Phi) is 5.63. The molecule has 4 heteroatoms. The molecule has 0 saturated carbocycles. The van der Waals surface area contributed by atoms with Gasteiger partial charge in [0.1, 0.15) is 5.75 Å². The molecule has 0 aliphatic carbocycles. The molecule has 1 aromatic carbocycles. The smallest absolute Gasteiger partial charge is 0.134 e. The molecule has 0 amide bonds. The lowest BCUT2D eigenvalue weighted by Crippen LogP contribution is -2.36. The fraction of sp³-hybridized carbons (Fsp3) is 0.529. The van der Waals surface area contributed by atoms with E-state index >= 15 is 0 Å². The van der Waals surface area contributed by atoms with Gasteiger partial charge in [-0.15, -0.1) is 0 Å². The van der Waals surface area contributed by atoms with Crippen molar-refractivity contribution < 1.29 is 9.47 Å². The van der Waals surface area contributed by atoms with E-state index in [1.54, 1.807) is 7.11 Å². The zero-order chi connectivity index (χ0) is 15.2. The third kappa shape index (κ3) is 3.98. The Morgan fingerprint density at radius 2 is 2.29 bits per heavy atom. The average Bonchev–Trinajstić information content (AvgIpc) is 2.91. The number of benzene rings is 1. The van der Waals surface area contributed by atoms with Crippen molar-refractivity contribution in [3.63, 3.8) is 0 Å². The highest BCUT2D eigenvalue weighted by Gasteiger charge is 2.27. The van der Waals surface area contributed by atoms with Gasteiger partial charge in [0.25, 0.3) is 0 Å². The lowest BCUT2D eigenvalue weighted by molar-refractivity contribution is 0.0814. The Hall–Kier alpha value is -1.54. The summed E-state index contributed by atoms with van der Waals surface area (Å²) in [5, 5.41) is 0. The quantitative estimate of drug-likeness (QED) is 0.855. The van der Waals surface area contributed by atoms with Crippen LogP contribution in [0.2, 0.25) is 0 Å². The van der Waals surface area contributed by atoms with E-state index in [-0.39, 0.29) is 0 Å². The maximum absolute atomic E-state index is 5.64. The molecule has 0 aromatic heterocycles. The largest absolute Gasteiger partial charge is 0.495 e. The molecule has 2 N–H and O–H groups in total. The minimum atomic E-state index is 0.296. The Morgan fingerprint density at radius 3 is 2.90 bits per heavy atom. The second-order valence-electron chi connectivity index (χ2n) is 5.39. The van der Waals surface area contributed by atoms with Crippen LogP contribution in [-0.4, -0.2) is 44.4 Å². The summed E-state index contributed by atoms with van der Waals surface area (Å²) in [7, 11) is 3.80. The topological polar surface area (TPSA) is 47.7 Å². The van der Waals surface area contributed by atoms with Gasteiger partial charge >= 0.3 is 0 Å². The van der Waals surface area contributed by atoms with Crippen LogP contribution in [0.1, 0.15) is 24.5 Å². The molecule has 1 heterocycles. The molecule has 1 aromatic rings. The normalized spacial score (nSPS) is 21.2. The summed E-state index contributed by atoms with van der Waals surface area (Å²) in [5.41, 5.74) is 7.56. The highest BCUT2D eigenvalue weighted by atomic mass is 16.5. The Balaban J connectivity index is 2.12. The molecule has 1 saturated heterocycles. The van der Waals surface area contributed by atoms with Crippen LogP contribution in [0, 0.1) is 11.8 Å². The van der Waals surface area contributed by atoms with Crippen LogP contribution in [0.25, 0.3) is 0 Å². The van der Waals surface area contributed by atoms with Crippen LogP contribution in [0.3, 0.4) is 0 Å². The first-order valence-corrected chi connectivity index (χ1v) is 7.33. The Morgan fingerprint density at radius 1 is 1.48 bits per heavy atom. The summed E-state index contributed by atoms with van der Waals surface area (Å²) in [6.07, 6.45) is 1.39. The predicted octanol–water partition coefficient (Wildman–Crippen LogP) is 1.61. The van der Waals surface area contributed by atoms with E-state index in [9.17, 15) is 0 Å². The van der Waals surface area contributed by atoms with Crippen LogP contribution in [-0.2, 0) is 11.3 Å². The van der Waals surface area contributed by atoms with Gasteiger partial charge in [-0.25, -0.2) is 0 Å². The number of hydrogen-bond donors (Lipinski definition) is 1. The van der Waals surface area contributed by atoms with E-state index < -0.39 is 0 Å².